The third-order valence-corrected chi connectivity index (χ3v) is 3.23. The highest BCUT2D eigenvalue weighted by atomic mass is 16.7. The lowest BCUT2D eigenvalue weighted by Gasteiger charge is -2.05. The van der Waals surface area contributed by atoms with Crippen LogP contribution in [0.2, 0.25) is 0 Å². The number of aromatic nitrogens is 1. The Labute approximate surface area is 114 Å². The second kappa shape index (κ2) is 4.88. The van der Waals surface area contributed by atoms with E-state index in [1.807, 2.05) is 18.2 Å². The summed E-state index contributed by atoms with van der Waals surface area (Å²) in [6, 6.07) is 5.60. The zero-order chi connectivity index (χ0) is 14.1. The van der Waals surface area contributed by atoms with Crippen LogP contribution in [0.5, 0.6) is 11.5 Å². The van der Waals surface area contributed by atoms with Crippen LogP contribution in [-0.2, 0) is 16.1 Å². The topological polar surface area (TPSA) is 77.8 Å². The molecule has 6 heteroatoms. The van der Waals surface area contributed by atoms with Gasteiger partial charge in [-0.3, -0.25) is 9.59 Å². The summed E-state index contributed by atoms with van der Waals surface area (Å²) in [5.41, 5.74) is 0.873. The molecule has 20 heavy (non-hydrogen) atoms. The Morgan fingerprint density at radius 2 is 1.95 bits per heavy atom. The Bertz CT molecular complexity index is 688. The number of carbonyl (C=O) groups excluding carboxylic acids is 1. The Morgan fingerprint density at radius 1 is 1.20 bits per heavy atom. The number of rotatable bonds is 5. The number of carbonyl (C=O) groups is 2. The normalized spacial score (nSPS) is 12.8. The van der Waals surface area contributed by atoms with Crippen LogP contribution in [-0.4, -0.2) is 28.2 Å². The summed E-state index contributed by atoms with van der Waals surface area (Å²) in [6.07, 6.45) is 1.71. The van der Waals surface area contributed by atoms with Crippen LogP contribution < -0.4 is 9.47 Å². The maximum absolute atomic E-state index is 11.8. The molecule has 0 unspecified atom stereocenters. The van der Waals surface area contributed by atoms with Crippen molar-refractivity contribution in [1.29, 1.82) is 0 Å². The van der Waals surface area contributed by atoms with Gasteiger partial charge in [-0.2, -0.15) is 0 Å². The van der Waals surface area contributed by atoms with Gasteiger partial charge in [0.1, 0.15) is 0 Å². The molecular formula is C14H13NO5. The van der Waals surface area contributed by atoms with E-state index in [-0.39, 0.29) is 32.0 Å². The van der Waals surface area contributed by atoms with E-state index in [9.17, 15) is 9.59 Å². The fourth-order valence-electron chi connectivity index (χ4n) is 2.23. The van der Waals surface area contributed by atoms with Crippen LogP contribution in [0.15, 0.2) is 24.4 Å². The molecule has 0 saturated carbocycles. The Morgan fingerprint density at radius 3 is 2.70 bits per heavy atom. The van der Waals surface area contributed by atoms with Crippen LogP contribution in [0.4, 0.5) is 0 Å². The molecule has 1 aliphatic heterocycles. The average Bonchev–Trinajstić information content (AvgIpc) is 3.01. The monoisotopic (exact) mass is 275 g/mol. The third kappa shape index (κ3) is 2.32. The van der Waals surface area contributed by atoms with Crippen molar-refractivity contribution < 1.29 is 24.2 Å². The SMILES string of the molecule is O=C(O)CCC(=O)Cn1ccc2cc3c(cc21)OCO3. The molecule has 2 aromatic rings. The molecule has 1 aromatic carbocycles. The lowest BCUT2D eigenvalue weighted by Crippen LogP contribution is -2.10. The molecule has 2 heterocycles. The fraction of sp³-hybridized carbons (Fsp3) is 0.286. The second-order valence-electron chi connectivity index (χ2n) is 4.64. The Hall–Kier alpha value is -2.50. The smallest absolute Gasteiger partial charge is 0.303 e. The zero-order valence-corrected chi connectivity index (χ0v) is 10.7. The summed E-state index contributed by atoms with van der Waals surface area (Å²) in [6.45, 7) is 0.371. The van der Waals surface area contributed by atoms with Gasteiger partial charge in [0.25, 0.3) is 0 Å². The van der Waals surface area contributed by atoms with Crippen molar-refractivity contribution >= 4 is 22.7 Å². The molecule has 0 atom stereocenters. The Balaban J connectivity index is 1.82. The zero-order valence-electron chi connectivity index (χ0n) is 10.7. The molecule has 1 N–H and O–H groups in total. The molecule has 1 aliphatic rings. The highest BCUT2D eigenvalue weighted by molar-refractivity contribution is 5.87. The summed E-state index contributed by atoms with van der Waals surface area (Å²) in [4.78, 5) is 22.2. The minimum atomic E-state index is -0.959. The van der Waals surface area contributed by atoms with E-state index < -0.39 is 5.97 Å². The van der Waals surface area contributed by atoms with Crippen molar-refractivity contribution in [2.45, 2.75) is 19.4 Å². The summed E-state index contributed by atoms with van der Waals surface area (Å²) in [5.74, 6) is 0.296. The van der Waals surface area contributed by atoms with Gasteiger partial charge in [0.2, 0.25) is 6.79 Å². The Kier molecular flexibility index (Phi) is 3.06. The van der Waals surface area contributed by atoms with Gasteiger partial charge >= 0.3 is 5.97 Å². The molecule has 0 fully saturated rings. The van der Waals surface area contributed by atoms with Crippen molar-refractivity contribution in [2.75, 3.05) is 6.79 Å². The number of Topliss-reactive ketones (excluding diaryl/α,β-unsaturated/α-hetero) is 1. The number of carboxylic acid groups (broad SMARTS) is 1. The van der Waals surface area contributed by atoms with Crippen LogP contribution in [0, 0.1) is 0 Å². The van der Waals surface area contributed by atoms with Gasteiger partial charge < -0.3 is 19.1 Å². The molecule has 1 aromatic heterocycles. The van der Waals surface area contributed by atoms with E-state index in [0.717, 1.165) is 10.9 Å². The van der Waals surface area contributed by atoms with Crippen molar-refractivity contribution in [3.63, 3.8) is 0 Å². The van der Waals surface area contributed by atoms with E-state index in [1.54, 1.807) is 10.8 Å². The highest BCUT2D eigenvalue weighted by Crippen LogP contribution is 2.36. The number of nitrogens with zero attached hydrogens (tertiary/aromatic N) is 1. The molecular weight excluding hydrogens is 262 g/mol. The number of ether oxygens (including phenoxy) is 2. The van der Waals surface area contributed by atoms with Crippen LogP contribution in [0.3, 0.4) is 0 Å². The molecule has 0 radical (unpaired) electrons. The van der Waals surface area contributed by atoms with Crippen molar-refractivity contribution in [3.8, 4) is 11.5 Å². The lowest BCUT2D eigenvalue weighted by molar-refractivity contribution is -0.138. The largest absolute Gasteiger partial charge is 0.481 e. The van der Waals surface area contributed by atoms with Crippen molar-refractivity contribution in [1.82, 2.24) is 4.57 Å². The summed E-state index contributed by atoms with van der Waals surface area (Å²) in [5, 5.41) is 9.54. The standard InChI is InChI=1S/C14H13NO5/c16-10(1-2-14(17)18)7-15-4-3-9-5-12-13(6-11(9)15)20-8-19-12/h3-6H,1-2,7-8H2,(H,17,18). The molecule has 3 rings (SSSR count). The first kappa shape index (κ1) is 12.5. The number of benzene rings is 1. The second-order valence-corrected chi connectivity index (χ2v) is 4.64. The van der Waals surface area contributed by atoms with E-state index in [1.165, 1.54) is 0 Å². The summed E-state index contributed by atoms with van der Waals surface area (Å²) < 4.78 is 12.4. The maximum atomic E-state index is 11.8. The number of carboxylic acids is 1. The summed E-state index contributed by atoms with van der Waals surface area (Å²) >= 11 is 0. The van der Waals surface area contributed by atoms with Gasteiger partial charge in [-0.15, -0.1) is 0 Å². The molecule has 0 bridgehead atoms. The van der Waals surface area contributed by atoms with Gasteiger partial charge in [-0.1, -0.05) is 0 Å². The number of ketones is 1. The van der Waals surface area contributed by atoms with E-state index in [4.69, 9.17) is 14.6 Å². The van der Waals surface area contributed by atoms with Gasteiger partial charge in [0, 0.05) is 24.1 Å². The number of hydrogen-bond acceptors (Lipinski definition) is 4. The van der Waals surface area contributed by atoms with Crippen LogP contribution in [0.1, 0.15) is 12.8 Å². The number of fused-ring (bicyclic) bond motifs is 2. The van der Waals surface area contributed by atoms with Crippen molar-refractivity contribution in [2.24, 2.45) is 0 Å². The minimum Gasteiger partial charge on any atom is -0.481 e. The molecule has 104 valence electrons. The lowest BCUT2D eigenvalue weighted by atomic mass is 10.2. The first-order valence-corrected chi connectivity index (χ1v) is 6.25. The third-order valence-electron chi connectivity index (χ3n) is 3.23. The van der Waals surface area contributed by atoms with E-state index >= 15 is 0 Å². The molecule has 6 nitrogen and oxygen atoms in total. The fourth-order valence-corrected chi connectivity index (χ4v) is 2.23. The summed E-state index contributed by atoms with van der Waals surface area (Å²) in [7, 11) is 0. The van der Waals surface area contributed by atoms with Gasteiger partial charge in [-0.05, 0) is 12.1 Å². The predicted molar refractivity (Wildman–Crippen MR) is 69.9 cm³/mol. The van der Waals surface area contributed by atoms with Gasteiger partial charge in [0.15, 0.2) is 17.3 Å². The first-order chi connectivity index (χ1) is 9.63. The van der Waals surface area contributed by atoms with Gasteiger partial charge in [-0.25, -0.2) is 0 Å². The van der Waals surface area contributed by atoms with Gasteiger partial charge in [0.05, 0.1) is 18.5 Å². The number of aliphatic carboxylic acids is 1. The van der Waals surface area contributed by atoms with Crippen LogP contribution >= 0.6 is 0 Å². The quantitative estimate of drug-likeness (QED) is 0.900. The predicted octanol–water partition coefficient (Wildman–Crippen LogP) is 1.80. The molecule has 0 aliphatic carbocycles. The number of hydrogen-bond donors (Lipinski definition) is 1. The van der Waals surface area contributed by atoms with E-state index in [0.29, 0.717) is 11.5 Å². The average molecular weight is 275 g/mol. The molecule has 0 amide bonds. The van der Waals surface area contributed by atoms with E-state index in [2.05, 4.69) is 0 Å². The molecule has 0 spiro atoms. The maximum Gasteiger partial charge on any atom is 0.303 e. The first-order valence-electron chi connectivity index (χ1n) is 6.25. The molecule has 0 saturated heterocycles. The van der Waals surface area contributed by atoms with Crippen molar-refractivity contribution in [3.05, 3.63) is 24.4 Å². The minimum absolute atomic E-state index is 0.0412. The van der Waals surface area contributed by atoms with Crippen LogP contribution in [0.25, 0.3) is 10.9 Å². The highest BCUT2D eigenvalue weighted by Gasteiger charge is 2.16.